The summed E-state index contributed by atoms with van der Waals surface area (Å²) in [7, 11) is -4.44. The van der Waals surface area contributed by atoms with Gasteiger partial charge >= 0.3 is 10.2 Å². The zero-order valence-electron chi connectivity index (χ0n) is 10.2. The number of nitrogens with zero attached hydrogens (tertiary/aromatic N) is 1. The molecule has 0 bridgehead atoms. The van der Waals surface area contributed by atoms with Gasteiger partial charge in [-0.3, -0.25) is 0 Å². The van der Waals surface area contributed by atoms with Crippen molar-refractivity contribution < 1.29 is 17.0 Å². The molecule has 0 aromatic rings. The van der Waals surface area contributed by atoms with Crippen LogP contribution in [0.3, 0.4) is 0 Å². The second-order valence-electron chi connectivity index (χ2n) is 5.11. The Morgan fingerprint density at radius 3 is 2.53 bits per heavy atom. The molecule has 2 aliphatic heterocycles. The molecule has 0 saturated carbocycles. The number of likely N-dealkylation sites (tertiary alicyclic amines) is 1. The number of piperidine rings is 1. The average Bonchev–Trinajstić information content (AvgIpc) is 2.61. The number of hydrogen-bond donors (Lipinski definition) is 0. The third-order valence-corrected chi connectivity index (χ3v) is 4.95. The van der Waals surface area contributed by atoms with Crippen LogP contribution in [0.2, 0.25) is 0 Å². The molecule has 0 aromatic carbocycles. The second-order valence-corrected chi connectivity index (χ2v) is 6.52. The molecule has 6 heteroatoms. The van der Waals surface area contributed by atoms with Gasteiger partial charge < -0.3 is 9.64 Å². The van der Waals surface area contributed by atoms with Crippen LogP contribution in [-0.4, -0.2) is 51.4 Å². The van der Waals surface area contributed by atoms with Crippen LogP contribution in [0.15, 0.2) is 0 Å². The lowest BCUT2D eigenvalue weighted by Gasteiger charge is -2.41. The van der Waals surface area contributed by atoms with E-state index < -0.39 is 22.1 Å². The number of halogens is 1. The highest BCUT2D eigenvalue weighted by Gasteiger charge is 2.47. The molecular weight excluding hydrogens is 245 g/mol. The molecule has 2 aliphatic rings. The van der Waals surface area contributed by atoms with Crippen LogP contribution in [-0.2, 0) is 15.0 Å². The summed E-state index contributed by atoms with van der Waals surface area (Å²) in [5.41, 5.74) is -0.106. The maximum atomic E-state index is 12.8. The van der Waals surface area contributed by atoms with Crippen LogP contribution in [0.25, 0.3) is 0 Å². The molecule has 1 spiro atoms. The third kappa shape index (κ3) is 2.98. The van der Waals surface area contributed by atoms with Gasteiger partial charge in [0.15, 0.2) is 0 Å². The molecule has 1 unspecified atom stereocenters. The fourth-order valence-electron chi connectivity index (χ4n) is 3.03. The average molecular weight is 265 g/mol. The van der Waals surface area contributed by atoms with Crippen molar-refractivity contribution >= 4 is 10.2 Å². The maximum Gasteiger partial charge on any atom is 0.304 e. The van der Waals surface area contributed by atoms with Gasteiger partial charge in [-0.2, -0.15) is 8.42 Å². The fourth-order valence-corrected chi connectivity index (χ4v) is 3.85. The first-order chi connectivity index (χ1) is 7.95. The maximum absolute atomic E-state index is 12.8. The van der Waals surface area contributed by atoms with Crippen LogP contribution in [0, 0.1) is 5.41 Å². The molecule has 1 atom stereocenters. The van der Waals surface area contributed by atoms with Gasteiger partial charge in [0.2, 0.25) is 0 Å². The summed E-state index contributed by atoms with van der Waals surface area (Å²) >= 11 is 0. The Morgan fingerprint density at radius 1 is 1.35 bits per heavy atom. The summed E-state index contributed by atoms with van der Waals surface area (Å²) in [4.78, 5) is 2.34. The Hall–Kier alpha value is -0.200. The van der Waals surface area contributed by atoms with Gasteiger partial charge in [-0.15, -0.1) is 3.89 Å². The molecule has 2 rings (SSSR count). The minimum absolute atomic E-state index is 0.106. The van der Waals surface area contributed by atoms with E-state index in [1.807, 2.05) is 0 Å². The molecule has 17 heavy (non-hydrogen) atoms. The Balaban J connectivity index is 2.04. The van der Waals surface area contributed by atoms with Crippen molar-refractivity contribution in [3.63, 3.8) is 0 Å². The SMILES string of the molecule is CCN1CCC2(CCOC2CS(=O)(=O)F)CC1. The van der Waals surface area contributed by atoms with Crippen molar-refractivity contribution in [2.75, 3.05) is 32.0 Å². The van der Waals surface area contributed by atoms with Gasteiger partial charge in [0.05, 0.1) is 6.10 Å². The van der Waals surface area contributed by atoms with E-state index in [-0.39, 0.29) is 5.41 Å². The largest absolute Gasteiger partial charge is 0.376 e. The molecule has 0 amide bonds. The van der Waals surface area contributed by atoms with Crippen LogP contribution >= 0.6 is 0 Å². The highest BCUT2D eigenvalue weighted by Crippen LogP contribution is 2.44. The highest BCUT2D eigenvalue weighted by atomic mass is 32.3. The zero-order chi connectivity index (χ0) is 12.5. The number of hydrogen-bond acceptors (Lipinski definition) is 4. The molecule has 0 aliphatic carbocycles. The van der Waals surface area contributed by atoms with Crippen molar-refractivity contribution in [2.24, 2.45) is 5.41 Å². The summed E-state index contributed by atoms with van der Waals surface area (Å²) in [6.07, 6.45) is 2.25. The standard InChI is InChI=1S/C11H20FNO3S/c1-2-13-6-3-11(4-7-13)5-8-16-10(11)9-17(12,14)15/h10H,2-9H2,1H3. The molecule has 2 saturated heterocycles. The molecule has 0 radical (unpaired) electrons. The van der Waals surface area contributed by atoms with Gasteiger partial charge in [0.1, 0.15) is 5.75 Å². The minimum atomic E-state index is -4.44. The van der Waals surface area contributed by atoms with Gasteiger partial charge in [-0.1, -0.05) is 6.92 Å². The molecular formula is C11H20FNO3S. The second kappa shape index (κ2) is 4.82. The summed E-state index contributed by atoms with van der Waals surface area (Å²) < 4.78 is 39.8. The van der Waals surface area contributed by atoms with E-state index >= 15 is 0 Å². The van der Waals surface area contributed by atoms with Crippen molar-refractivity contribution in [1.82, 2.24) is 4.90 Å². The first-order valence-corrected chi connectivity index (χ1v) is 7.77. The zero-order valence-corrected chi connectivity index (χ0v) is 11.0. The van der Waals surface area contributed by atoms with Crippen molar-refractivity contribution in [1.29, 1.82) is 0 Å². The van der Waals surface area contributed by atoms with E-state index in [4.69, 9.17) is 4.74 Å². The summed E-state index contributed by atoms with van der Waals surface area (Å²) in [5.74, 6) is -0.473. The Bertz CT molecular complexity index is 363. The lowest BCUT2D eigenvalue weighted by Crippen LogP contribution is -2.45. The molecule has 100 valence electrons. The molecule has 0 aromatic heterocycles. The Labute approximate surface area is 102 Å². The predicted octanol–water partition coefficient (Wildman–Crippen LogP) is 1.18. The van der Waals surface area contributed by atoms with Crippen LogP contribution in [0.1, 0.15) is 26.2 Å². The van der Waals surface area contributed by atoms with E-state index in [9.17, 15) is 12.3 Å². The van der Waals surface area contributed by atoms with Gasteiger partial charge in [0.25, 0.3) is 0 Å². The first-order valence-electron chi connectivity index (χ1n) is 6.21. The van der Waals surface area contributed by atoms with Gasteiger partial charge in [-0.25, -0.2) is 0 Å². The smallest absolute Gasteiger partial charge is 0.304 e. The molecule has 4 nitrogen and oxygen atoms in total. The van der Waals surface area contributed by atoms with E-state index in [0.717, 1.165) is 38.9 Å². The summed E-state index contributed by atoms with van der Waals surface area (Å²) in [5, 5.41) is 0. The predicted molar refractivity (Wildman–Crippen MR) is 63.0 cm³/mol. The monoisotopic (exact) mass is 265 g/mol. The van der Waals surface area contributed by atoms with Crippen molar-refractivity contribution in [2.45, 2.75) is 32.3 Å². The quantitative estimate of drug-likeness (QED) is 0.719. The molecule has 2 heterocycles. The number of ether oxygens (including phenoxy) is 1. The van der Waals surface area contributed by atoms with E-state index in [0.29, 0.717) is 6.61 Å². The Morgan fingerprint density at radius 2 is 2.00 bits per heavy atom. The van der Waals surface area contributed by atoms with Crippen molar-refractivity contribution in [3.8, 4) is 0 Å². The van der Waals surface area contributed by atoms with Crippen LogP contribution in [0.4, 0.5) is 3.89 Å². The summed E-state index contributed by atoms with van der Waals surface area (Å²) in [6.45, 7) is 5.62. The van der Waals surface area contributed by atoms with E-state index in [1.54, 1.807) is 0 Å². The lowest BCUT2D eigenvalue weighted by molar-refractivity contribution is 0.0232. The Kier molecular flexibility index (Phi) is 3.75. The van der Waals surface area contributed by atoms with Gasteiger partial charge in [-0.05, 0) is 38.9 Å². The highest BCUT2D eigenvalue weighted by molar-refractivity contribution is 7.86. The lowest BCUT2D eigenvalue weighted by atomic mass is 9.73. The van der Waals surface area contributed by atoms with E-state index in [2.05, 4.69) is 11.8 Å². The van der Waals surface area contributed by atoms with E-state index in [1.165, 1.54) is 0 Å². The van der Waals surface area contributed by atoms with Crippen LogP contribution in [0.5, 0.6) is 0 Å². The van der Waals surface area contributed by atoms with Crippen molar-refractivity contribution in [3.05, 3.63) is 0 Å². The first kappa shape index (κ1) is 13.2. The topological polar surface area (TPSA) is 46.6 Å². The molecule has 2 fully saturated rings. The van der Waals surface area contributed by atoms with Crippen LogP contribution < -0.4 is 0 Å². The minimum Gasteiger partial charge on any atom is -0.376 e. The summed E-state index contributed by atoms with van der Waals surface area (Å²) in [6, 6.07) is 0. The normalized spacial score (nSPS) is 29.9. The van der Waals surface area contributed by atoms with Gasteiger partial charge in [0, 0.05) is 12.0 Å². The fraction of sp³-hybridized carbons (Fsp3) is 1.00. The number of rotatable bonds is 3. The molecule has 0 N–H and O–H groups in total. The third-order valence-electron chi connectivity index (χ3n) is 4.25.